The molecule has 1 fully saturated rings. The SMILES string of the molecule is COCCCNC(=O)N[C@H]1CC(=O)N(c2ccc(OC)c(OC)c2)C1. The number of ether oxygens (including phenoxy) is 3. The van der Waals surface area contributed by atoms with Crippen molar-refractivity contribution in [1.82, 2.24) is 10.6 Å². The topological polar surface area (TPSA) is 89.1 Å². The summed E-state index contributed by atoms with van der Waals surface area (Å²) in [6.45, 7) is 1.54. The van der Waals surface area contributed by atoms with Crippen molar-refractivity contribution in [2.45, 2.75) is 18.9 Å². The molecule has 2 N–H and O–H groups in total. The van der Waals surface area contributed by atoms with Gasteiger partial charge < -0.3 is 29.7 Å². The van der Waals surface area contributed by atoms with Crippen molar-refractivity contribution in [3.8, 4) is 11.5 Å². The van der Waals surface area contributed by atoms with Gasteiger partial charge in [-0.2, -0.15) is 0 Å². The van der Waals surface area contributed by atoms with Gasteiger partial charge >= 0.3 is 6.03 Å². The Morgan fingerprint density at radius 1 is 1.24 bits per heavy atom. The smallest absolute Gasteiger partial charge is 0.315 e. The minimum atomic E-state index is -0.275. The molecule has 0 spiro atoms. The van der Waals surface area contributed by atoms with Crippen LogP contribution in [-0.2, 0) is 9.53 Å². The number of amides is 3. The molecule has 8 heteroatoms. The first-order chi connectivity index (χ1) is 12.1. The van der Waals surface area contributed by atoms with Crippen LogP contribution in [0, 0.1) is 0 Å². The van der Waals surface area contributed by atoms with Crippen molar-refractivity contribution in [3.05, 3.63) is 18.2 Å². The molecule has 8 nitrogen and oxygen atoms in total. The highest BCUT2D eigenvalue weighted by molar-refractivity contribution is 5.97. The van der Waals surface area contributed by atoms with Gasteiger partial charge in [0.25, 0.3) is 0 Å². The highest BCUT2D eigenvalue weighted by Gasteiger charge is 2.32. The van der Waals surface area contributed by atoms with Crippen molar-refractivity contribution in [2.24, 2.45) is 0 Å². The Morgan fingerprint density at radius 2 is 2.00 bits per heavy atom. The molecule has 1 atom stereocenters. The minimum Gasteiger partial charge on any atom is -0.493 e. The fourth-order valence-corrected chi connectivity index (χ4v) is 2.70. The van der Waals surface area contributed by atoms with Crippen molar-refractivity contribution < 1.29 is 23.8 Å². The number of carbonyl (C=O) groups excluding carboxylic acids is 2. The maximum atomic E-state index is 12.3. The maximum absolute atomic E-state index is 12.3. The van der Waals surface area contributed by atoms with Crippen molar-refractivity contribution in [2.75, 3.05) is 45.9 Å². The maximum Gasteiger partial charge on any atom is 0.315 e. The van der Waals surface area contributed by atoms with Gasteiger partial charge in [0.05, 0.1) is 20.3 Å². The third-order valence-corrected chi connectivity index (χ3v) is 3.95. The van der Waals surface area contributed by atoms with Gasteiger partial charge in [-0.1, -0.05) is 0 Å². The Balaban J connectivity index is 1.92. The fourth-order valence-electron chi connectivity index (χ4n) is 2.70. The van der Waals surface area contributed by atoms with Gasteiger partial charge in [-0.15, -0.1) is 0 Å². The summed E-state index contributed by atoms with van der Waals surface area (Å²) in [5, 5.41) is 5.58. The summed E-state index contributed by atoms with van der Waals surface area (Å²) in [6, 6.07) is 4.80. The van der Waals surface area contributed by atoms with Crippen LogP contribution < -0.4 is 25.0 Å². The van der Waals surface area contributed by atoms with Crippen LogP contribution >= 0.6 is 0 Å². The number of hydrogen-bond acceptors (Lipinski definition) is 5. The van der Waals surface area contributed by atoms with E-state index in [2.05, 4.69) is 10.6 Å². The van der Waals surface area contributed by atoms with E-state index in [1.165, 1.54) is 0 Å². The van der Waals surface area contributed by atoms with Gasteiger partial charge in [-0.25, -0.2) is 4.79 Å². The molecule has 1 aromatic rings. The van der Waals surface area contributed by atoms with Gasteiger partial charge in [-0.05, 0) is 18.6 Å². The Labute approximate surface area is 147 Å². The zero-order valence-corrected chi connectivity index (χ0v) is 14.8. The predicted molar refractivity (Wildman–Crippen MR) is 93.3 cm³/mol. The second-order valence-corrected chi connectivity index (χ2v) is 5.69. The molecule has 0 aliphatic carbocycles. The first kappa shape index (κ1) is 18.9. The molecule has 0 aromatic heterocycles. The van der Waals surface area contributed by atoms with Gasteiger partial charge in [0.15, 0.2) is 11.5 Å². The molecule has 1 aliphatic heterocycles. The van der Waals surface area contributed by atoms with Crippen LogP contribution in [0.1, 0.15) is 12.8 Å². The summed E-state index contributed by atoms with van der Waals surface area (Å²) in [5.74, 6) is 1.11. The molecule has 1 saturated heterocycles. The molecule has 25 heavy (non-hydrogen) atoms. The lowest BCUT2D eigenvalue weighted by Crippen LogP contribution is -2.43. The average Bonchev–Trinajstić information content (AvgIpc) is 2.98. The van der Waals surface area contributed by atoms with Gasteiger partial charge in [0.2, 0.25) is 5.91 Å². The number of benzene rings is 1. The molecule has 0 radical (unpaired) electrons. The van der Waals surface area contributed by atoms with Crippen molar-refractivity contribution in [1.29, 1.82) is 0 Å². The van der Waals surface area contributed by atoms with Crippen molar-refractivity contribution in [3.63, 3.8) is 0 Å². The largest absolute Gasteiger partial charge is 0.493 e. The predicted octanol–water partition coefficient (Wildman–Crippen LogP) is 1.14. The standard InChI is InChI=1S/C17H25N3O5/c1-23-8-4-7-18-17(22)19-12-9-16(21)20(11-12)13-5-6-14(24-2)15(10-13)25-3/h5-6,10,12H,4,7-9,11H2,1-3H3,(H2,18,19,22)/t12-/m0/s1. The van der Waals surface area contributed by atoms with Crippen LogP contribution in [0.15, 0.2) is 18.2 Å². The van der Waals surface area contributed by atoms with E-state index in [1.807, 2.05) is 0 Å². The van der Waals surface area contributed by atoms with Crippen LogP contribution in [0.25, 0.3) is 0 Å². The van der Waals surface area contributed by atoms with E-state index in [9.17, 15) is 9.59 Å². The first-order valence-electron chi connectivity index (χ1n) is 8.14. The number of anilines is 1. The highest BCUT2D eigenvalue weighted by Crippen LogP contribution is 2.33. The molecule has 1 heterocycles. The number of hydrogen-bond donors (Lipinski definition) is 2. The first-order valence-corrected chi connectivity index (χ1v) is 8.14. The lowest BCUT2D eigenvalue weighted by atomic mass is 10.2. The second-order valence-electron chi connectivity index (χ2n) is 5.69. The van der Waals surface area contributed by atoms with Gasteiger partial charge in [-0.3, -0.25) is 4.79 Å². The lowest BCUT2D eigenvalue weighted by Gasteiger charge is -2.19. The molecule has 0 saturated carbocycles. The molecule has 138 valence electrons. The van der Waals surface area contributed by atoms with E-state index >= 15 is 0 Å². The Morgan fingerprint density at radius 3 is 2.68 bits per heavy atom. The Hall–Kier alpha value is -2.48. The van der Waals surface area contributed by atoms with E-state index < -0.39 is 0 Å². The van der Waals surface area contributed by atoms with E-state index in [-0.39, 0.29) is 24.4 Å². The van der Waals surface area contributed by atoms with Gasteiger partial charge in [0, 0.05) is 45.0 Å². The van der Waals surface area contributed by atoms with Gasteiger partial charge in [0.1, 0.15) is 0 Å². The molecule has 3 amide bonds. The van der Waals surface area contributed by atoms with E-state index in [0.29, 0.717) is 36.9 Å². The van der Waals surface area contributed by atoms with Crippen molar-refractivity contribution >= 4 is 17.6 Å². The summed E-state index contributed by atoms with van der Waals surface area (Å²) in [5.41, 5.74) is 0.715. The van der Waals surface area contributed by atoms with E-state index in [4.69, 9.17) is 14.2 Å². The third-order valence-electron chi connectivity index (χ3n) is 3.95. The molecule has 2 rings (SSSR count). The summed E-state index contributed by atoms with van der Waals surface area (Å²) < 4.78 is 15.4. The number of urea groups is 1. The third kappa shape index (κ3) is 4.99. The Bertz CT molecular complexity index is 608. The van der Waals surface area contributed by atoms with Crippen LogP contribution in [0.2, 0.25) is 0 Å². The molecule has 0 unspecified atom stereocenters. The van der Waals surface area contributed by atoms with E-state index in [0.717, 1.165) is 6.42 Å². The fraction of sp³-hybridized carbons (Fsp3) is 0.529. The number of nitrogens with zero attached hydrogens (tertiary/aromatic N) is 1. The summed E-state index contributed by atoms with van der Waals surface area (Å²) in [7, 11) is 4.72. The normalized spacial score (nSPS) is 16.7. The molecular weight excluding hydrogens is 326 g/mol. The van der Waals surface area contributed by atoms with Crippen LogP contribution in [-0.4, -0.2) is 59.0 Å². The van der Waals surface area contributed by atoms with Crippen LogP contribution in [0.5, 0.6) is 11.5 Å². The summed E-state index contributed by atoms with van der Waals surface area (Å²) in [6.07, 6.45) is 1.01. The zero-order valence-electron chi connectivity index (χ0n) is 14.8. The van der Waals surface area contributed by atoms with Crippen LogP contribution in [0.3, 0.4) is 0 Å². The van der Waals surface area contributed by atoms with E-state index in [1.54, 1.807) is 44.4 Å². The zero-order chi connectivity index (χ0) is 18.2. The molecule has 0 bridgehead atoms. The summed E-state index contributed by atoms with van der Waals surface area (Å²) in [4.78, 5) is 25.8. The average molecular weight is 351 g/mol. The molecule has 1 aromatic carbocycles. The monoisotopic (exact) mass is 351 g/mol. The number of nitrogens with one attached hydrogen (secondary N) is 2. The lowest BCUT2D eigenvalue weighted by molar-refractivity contribution is -0.117. The highest BCUT2D eigenvalue weighted by atomic mass is 16.5. The molecular formula is C17H25N3O5. The summed E-state index contributed by atoms with van der Waals surface area (Å²) >= 11 is 0. The number of rotatable bonds is 8. The quantitative estimate of drug-likeness (QED) is 0.686. The molecule has 1 aliphatic rings. The number of methoxy groups -OCH3 is 3. The second kappa shape index (κ2) is 9.12. The van der Waals surface area contributed by atoms with Crippen LogP contribution in [0.4, 0.5) is 10.5 Å². The minimum absolute atomic E-state index is 0.0445. The Kier molecular flexibility index (Phi) is 6.88. The number of carbonyl (C=O) groups is 2.